The van der Waals surface area contributed by atoms with E-state index in [0.29, 0.717) is 6.54 Å². The Balaban J connectivity index is 2.29. The highest BCUT2D eigenvalue weighted by Gasteiger charge is 2.34. The van der Waals surface area contributed by atoms with Crippen molar-refractivity contribution in [1.82, 2.24) is 0 Å². The smallest absolute Gasteiger partial charge is 0.129 e. The minimum absolute atomic E-state index is 0.101. The molecule has 0 radical (unpaired) electrons. The lowest BCUT2D eigenvalue weighted by molar-refractivity contribution is 0.0935. The molecule has 2 atom stereocenters. The predicted molar refractivity (Wildman–Crippen MR) is 77.3 cm³/mol. The van der Waals surface area contributed by atoms with Gasteiger partial charge in [-0.1, -0.05) is 31.5 Å². The van der Waals surface area contributed by atoms with Crippen LogP contribution in [-0.4, -0.2) is 17.3 Å². The third-order valence-electron chi connectivity index (χ3n) is 3.85. The number of aliphatic hydroxyl groups is 1. The lowest BCUT2D eigenvalue weighted by Gasteiger charge is -2.24. The van der Waals surface area contributed by atoms with E-state index in [1.807, 2.05) is 12.1 Å². The second-order valence-corrected chi connectivity index (χ2v) is 6.10. The number of fused-ring (bicyclic) bond motifs is 1. The Labute approximate surface area is 115 Å². The summed E-state index contributed by atoms with van der Waals surface area (Å²) in [6, 6.07) is 6.04. The van der Waals surface area contributed by atoms with Gasteiger partial charge in [0.1, 0.15) is 11.4 Å². The average molecular weight is 263 g/mol. The topological polar surface area (TPSA) is 55.5 Å². The summed E-state index contributed by atoms with van der Waals surface area (Å²) in [6.45, 7) is 6.78. The Morgan fingerprint density at radius 3 is 2.79 bits per heavy atom. The van der Waals surface area contributed by atoms with Crippen molar-refractivity contribution in [3.63, 3.8) is 0 Å². The third-order valence-corrected chi connectivity index (χ3v) is 3.85. The van der Waals surface area contributed by atoms with Gasteiger partial charge in [0.05, 0.1) is 6.10 Å². The van der Waals surface area contributed by atoms with E-state index in [1.54, 1.807) is 0 Å². The molecule has 0 amide bonds. The SMILES string of the molecule is CCCC(CN)C(O)c1cccc2c1OC(C)(C)C2. The molecule has 3 heteroatoms. The zero-order chi connectivity index (χ0) is 14.0. The molecule has 3 N–H and O–H groups in total. The van der Waals surface area contributed by atoms with Crippen LogP contribution in [0.5, 0.6) is 5.75 Å². The molecule has 0 fully saturated rings. The lowest BCUT2D eigenvalue weighted by atomic mass is 9.90. The van der Waals surface area contributed by atoms with Crippen LogP contribution < -0.4 is 10.5 Å². The van der Waals surface area contributed by atoms with Crippen LogP contribution >= 0.6 is 0 Å². The zero-order valence-electron chi connectivity index (χ0n) is 12.1. The van der Waals surface area contributed by atoms with E-state index in [0.717, 1.165) is 30.6 Å². The van der Waals surface area contributed by atoms with Crippen LogP contribution in [0.3, 0.4) is 0 Å². The van der Waals surface area contributed by atoms with Crippen LogP contribution in [0.25, 0.3) is 0 Å². The van der Waals surface area contributed by atoms with Crippen LogP contribution in [0, 0.1) is 5.92 Å². The molecular weight excluding hydrogens is 238 g/mol. The van der Waals surface area contributed by atoms with Crippen molar-refractivity contribution in [2.24, 2.45) is 11.7 Å². The van der Waals surface area contributed by atoms with Crippen molar-refractivity contribution in [2.45, 2.75) is 51.7 Å². The monoisotopic (exact) mass is 263 g/mol. The van der Waals surface area contributed by atoms with Crippen molar-refractivity contribution in [3.05, 3.63) is 29.3 Å². The highest BCUT2D eigenvalue weighted by atomic mass is 16.5. The van der Waals surface area contributed by atoms with Gasteiger partial charge < -0.3 is 15.6 Å². The second-order valence-electron chi connectivity index (χ2n) is 6.10. The van der Waals surface area contributed by atoms with Gasteiger partial charge in [0, 0.05) is 17.9 Å². The van der Waals surface area contributed by atoms with Crippen LogP contribution in [0.1, 0.15) is 50.8 Å². The quantitative estimate of drug-likeness (QED) is 0.859. The molecule has 1 aromatic carbocycles. The van der Waals surface area contributed by atoms with Crippen LogP contribution in [0.2, 0.25) is 0 Å². The molecule has 106 valence electrons. The third kappa shape index (κ3) is 2.93. The number of aliphatic hydroxyl groups excluding tert-OH is 1. The summed E-state index contributed by atoms with van der Waals surface area (Å²) >= 11 is 0. The molecule has 0 aliphatic carbocycles. The van der Waals surface area contributed by atoms with Gasteiger partial charge in [-0.25, -0.2) is 0 Å². The molecule has 3 nitrogen and oxygen atoms in total. The minimum Gasteiger partial charge on any atom is -0.487 e. The summed E-state index contributed by atoms with van der Waals surface area (Å²) in [7, 11) is 0. The van der Waals surface area contributed by atoms with E-state index in [-0.39, 0.29) is 11.5 Å². The molecule has 2 unspecified atom stereocenters. The number of para-hydroxylation sites is 1. The zero-order valence-corrected chi connectivity index (χ0v) is 12.1. The highest BCUT2D eigenvalue weighted by molar-refractivity contribution is 5.47. The van der Waals surface area contributed by atoms with Crippen LogP contribution in [0.15, 0.2) is 18.2 Å². The van der Waals surface area contributed by atoms with Crippen LogP contribution in [0.4, 0.5) is 0 Å². The Morgan fingerprint density at radius 1 is 1.42 bits per heavy atom. The molecule has 2 rings (SSSR count). The second kappa shape index (κ2) is 5.51. The maximum Gasteiger partial charge on any atom is 0.129 e. The van der Waals surface area contributed by atoms with Gasteiger partial charge in [-0.2, -0.15) is 0 Å². The van der Waals surface area contributed by atoms with Gasteiger partial charge in [0.2, 0.25) is 0 Å². The van der Waals surface area contributed by atoms with E-state index in [2.05, 4.69) is 26.8 Å². The van der Waals surface area contributed by atoms with Crippen molar-refractivity contribution in [3.8, 4) is 5.75 Å². The Kier molecular flexibility index (Phi) is 4.16. The standard InChI is InChI=1S/C16H25NO2/c1-4-6-12(10-17)14(18)13-8-5-7-11-9-16(2,3)19-15(11)13/h5,7-8,12,14,18H,4,6,9-10,17H2,1-3H3. The predicted octanol–water partition coefficient (Wildman–Crippen LogP) is 2.81. The summed E-state index contributed by atoms with van der Waals surface area (Å²) in [6.07, 6.45) is 2.32. The molecule has 0 bridgehead atoms. The summed E-state index contributed by atoms with van der Waals surface area (Å²) in [4.78, 5) is 0. The first-order chi connectivity index (χ1) is 8.98. The van der Waals surface area contributed by atoms with Crippen molar-refractivity contribution >= 4 is 0 Å². The number of nitrogens with two attached hydrogens (primary N) is 1. The van der Waals surface area contributed by atoms with Gasteiger partial charge in [0.25, 0.3) is 0 Å². The van der Waals surface area contributed by atoms with Crippen molar-refractivity contribution in [1.29, 1.82) is 0 Å². The van der Waals surface area contributed by atoms with Gasteiger partial charge in [-0.3, -0.25) is 0 Å². The molecule has 19 heavy (non-hydrogen) atoms. The Hall–Kier alpha value is -1.06. The fourth-order valence-corrected chi connectivity index (χ4v) is 2.90. The van der Waals surface area contributed by atoms with Gasteiger partial charge in [-0.15, -0.1) is 0 Å². The largest absolute Gasteiger partial charge is 0.487 e. The molecule has 1 aliphatic rings. The summed E-state index contributed by atoms with van der Waals surface area (Å²) in [5.74, 6) is 0.971. The van der Waals surface area contributed by atoms with Crippen molar-refractivity contribution < 1.29 is 9.84 Å². The molecule has 1 heterocycles. The van der Waals surface area contributed by atoms with Gasteiger partial charge in [-0.05, 0) is 32.4 Å². The first kappa shape index (κ1) is 14.4. The molecular formula is C16H25NO2. The molecule has 1 aromatic rings. The first-order valence-electron chi connectivity index (χ1n) is 7.17. The minimum atomic E-state index is -0.534. The fourth-order valence-electron chi connectivity index (χ4n) is 2.90. The molecule has 0 aromatic heterocycles. The first-order valence-corrected chi connectivity index (χ1v) is 7.17. The number of hydrogen-bond acceptors (Lipinski definition) is 3. The van der Waals surface area contributed by atoms with E-state index in [4.69, 9.17) is 10.5 Å². The lowest BCUT2D eigenvalue weighted by Crippen LogP contribution is -2.26. The molecule has 0 saturated carbocycles. The van der Waals surface area contributed by atoms with Crippen molar-refractivity contribution in [2.75, 3.05) is 6.54 Å². The van der Waals surface area contributed by atoms with E-state index in [9.17, 15) is 5.11 Å². The average Bonchev–Trinajstić information content (AvgIpc) is 2.68. The fraction of sp³-hybridized carbons (Fsp3) is 0.625. The summed E-state index contributed by atoms with van der Waals surface area (Å²) in [5.41, 5.74) is 7.70. The van der Waals surface area contributed by atoms with Gasteiger partial charge in [0.15, 0.2) is 0 Å². The number of ether oxygens (including phenoxy) is 1. The van der Waals surface area contributed by atoms with E-state index < -0.39 is 6.10 Å². The van der Waals surface area contributed by atoms with E-state index >= 15 is 0 Å². The summed E-state index contributed by atoms with van der Waals surface area (Å²) < 4.78 is 6.02. The Morgan fingerprint density at radius 2 is 2.16 bits per heavy atom. The Bertz CT molecular complexity index is 442. The number of hydrogen-bond donors (Lipinski definition) is 2. The van der Waals surface area contributed by atoms with Gasteiger partial charge >= 0.3 is 0 Å². The number of benzene rings is 1. The van der Waals surface area contributed by atoms with Crippen LogP contribution in [-0.2, 0) is 6.42 Å². The highest BCUT2D eigenvalue weighted by Crippen LogP contribution is 2.41. The normalized spacial score (nSPS) is 19.6. The molecule has 1 aliphatic heterocycles. The maximum absolute atomic E-state index is 10.6. The maximum atomic E-state index is 10.6. The molecule has 0 spiro atoms. The molecule has 0 saturated heterocycles. The number of rotatable bonds is 5. The van der Waals surface area contributed by atoms with E-state index in [1.165, 1.54) is 5.56 Å². The summed E-state index contributed by atoms with van der Waals surface area (Å²) in [5, 5.41) is 10.6.